The van der Waals surface area contributed by atoms with Gasteiger partial charge in [0.15, 0.2) is 0 Å². The summed E-state index contributed by atoms with van der Waals surface area (Å²) in [4.78, 5) is 9.25. The van der Waals surface area contributed by atoms with Crippen LogP contribution in [0.4, 0.5) is 0 Å². The van der Waals surface area contributed by atoms with Crippen molar-refractivity contribution in [2.75, 3.05) is 13.2 Å². The van der Waals surface area contributed by atoms with Crippen LogP contribution in [0.1, 0.15) is 54.4 Å². The lowest BCUT2D eigenvalue weighted by molar-refractivity contribution is 0.255. The summed E-state index contributed by atoms with van der Waals surface area (Å²) < 4.78 is 11.3. The second kappa shape index (κ2) is 5.38. The largest absolute Gasteiger partial charge is 0.472 e. The highest BCUT2D eigenvalue weighted by Crippen LogP contribution is 2.27. The first-order valence-corrected chi connectivity index (χ1v) is 7.54. The highest BCUT2D eigenvalue weighted by Gasteiger charge is 2.32. The standard InChI is InChI=1S/C16H28N2O2/c1-15(2,3)7-11-9-19-13(17-11)14-18-12(10-20-14)8-16(4,5)6/h11-12H,7-10H2,1-6H3/t11-,12?/m1/s1. The van der Waals surface area contributed by atoms with E-state index in [2.05, 4.69) is 51.5 Å². The zero-order chi connectivity index (χ0) is 15.0. The van der Waals surface area contributed by atoms with Crippen LogP contribution in [0.2, 0.25) is 0 Å². The smallest absolute Gasteiger partial charge is 0.273 e. The molecule has 0 fully saturated rings. The third-order valence-corrected chi connectivity index (χ3v) is 3.30. The van der Waals surface area contributed by atoms with Crippen molar-refractivity contribution in [2.45, 2.75) is 66.5 Å². The van der Waals surface area contributed by atoms with Crippen LogP contribution in [0.5, 0.6) is 0 Å². The summed E-state index contributed by atoms with van der Waals surface area (Å²) in [5.74, 6) is 1.21. The van der Waals surface area contributed by atoms with Crippen molar-refractivity contribution >= 4 is 11.8 Å². The summed E-state index contributed by atoms with van der Waals surface area (Å²) in [6.45, 7) is 14.7. The molecular weight excluding hydrogens is 252 g/mol. The van der Waals surface area contributed by atoms with Crippen LogP contribution in [0.3, 0.4) is 0 Å². The van der Waals surface area contributed by atoms with Crippen LogP contribution in [0.15, 0.2) is 9.98 Å². The number of aliphatic imine (C=N–C) groups is 2. The first-order chi connectivity index (χ1) is 9.12. The highest BCUT2D eigenvalue weighted by molar-refractivity contribution is 6.36. The maximum atomic E-state index is 5.67. The van der Waals surface area contributed by atoms with Gasteiger partial charge in [-0.25, -0.2) is 9.98 Å². The molecule has 20 heavy (non-hydrogen) atoms. The quantitative estimate of drug-likeness (QED) is 0.794. The van der Waals surface area contributed by atoms with Gasteiger partial charge in [-0.05, 0) is 23.7 Å². The number of rotatable bonds is 3. The molecular formula is C16H28N2O2. The number of ether oxygens (including phenoxy) is 2. The van der Waals surface area contributed by atoms with Crippen LogP contribution in [0.25, 0.3) is 0 Å². The molecule has 0 spiro atoms. The Morgan fingerprint density at radius 2 is 1.15 bits per heavy atom. The van der Waals surface area contributed by atoms with Crippen LogP contribution in [0, 0.1) is 10.8 Å². The van der Waals surface area contributed by atoms with Crippen molar-refractivity contribution in [3.05, 3.63) is 0 Å². The molecule has 0 radical (unpaired) electrons. The molecule has 114 valence electrons. The van der Waals surface area contributed by atoms with E-state index in [9.17, 15) is 0 Å². The van der Waals surface area contributed by atoms with E-state index in [-0.39, 0.29) is 22.9 Å². The topological polar surface area (TPSA) is 43.2 Å². The molecule has 4 heteroatoms. The molecule has 2 atom stereocenters. The number of hydrogen-bond donors (Lipinski definition) is 0. The Morgan fingerprint density at radius 3 is 1.45 bits per heavy atom. The van der Waals surface area contributed by atoms with Gasteiger partial charge in [-0.2, -0.15) is 0 Å². The van der Waals surface area contributed by atoms with Crippen molar-refractivity contribution in [1.82, 2.24) is 0 Å². The third kappa shape index (κ3) is 4.50. The van der Waals surface area contributed by atoms with E-state index < -0.39 is 0 Å². The molecule has 0 aromatic heterocycles. The van der Waals surface area contributed by atoms with Gasteiger partial charge >= 0.3 is 0 Å². The van der Waals surface area contributed by atoms with E-state index >= 15 is 0 Å². The maximum absolute atomic E-state index is 5.67. The lowest BCUT2D eigenvalue weighted by Gasteiger charge is -2.19. The summed E-state index contributed by atoms with van der Waals surface area (Å²) in [6, 6.07) is 0.468. The Bertz CT molecular complexity index is 373. The van der Waals surface area contributed by atoms with Crippen LogP contribution in [-0.2, 0) is 9.47 Å². The maximum Gasteiger partial charge on any atom is 0.273 e. The molecule has 0 N–H and O–H groups in total. The molecule has 0 saturated heterocycles. The van der Waals surface area contributed by atoms with E-state index in [0.29, 0.717) is 25.0 Å². The molecule has 2 heterocycles. The minimum absolute atomic E-state index is 0.234. The monoisotopic (exact) mass is 280 g/mol. The van der Waals surface area contributed by atoms with Crippen molar-refractivity contribution < 1.29 is 9.47 Å². The van der Waals surface area contributed by atoms with E-state index in [1.54, 1.807) is 0 Å². The predicted octanol–water partition coefficient (Wildman–Crippen LogP) is 3.45. The molecule has 0 aromatic rings. The van der Waals surface area contributed by atoms with Crippen molar-refractivity contribution in [3.63, 3.8) is 0 Å². The first-order valence-electron chi connectivity index (χ1n) is 7.54. The van der Waals surface area contributed by atoms with Crippen LogP contribution < -0.4 is 0 Å². The highest BCUT2D eigenvalue weighted by atomic mass is 16.5. The zero-order valence-corrected chi connectivity index (χ0v) is 13.7. The molecule has 1 unspecified atom stereocenters. The fourth-order valence-electron chi connectivity index (χ4n) is 2.69. The van der Waals surface area contributed by atoms with Crippen molar-refractivity contribution in [3.8, 4) is 0 Å². The number of hydrogen-bond acceptors (Lipinski definition) is 4. The predicted molar refractivity (Wildman–Crippen MR) is 82.5 cm³/mol. The molecule has 2 aliphatic heterocycles. The molecule has 0 aromatic carbocycles. The number of nitrogens with zero attached hydrogens (tertiary/aromatic N) is 2. The summed E-state index contributed by atoms with van der Waals surface area (Å²) >= 11 is 0. The van der Waals surface area contributed by atoms with Gasteiger partial charge in [-0.3, -0.25) is 0 Å². The van der Waals surface area contributed by atoms with Gasteiger partial charge < -0.3 is 9.47 Å². The van der Waals surface area contributed by atoms with Gasteiger partial charge in [0, 0.05) is 0 Å². The third-order valence-electron chi connectivity index (χ3n) is 3.30. The van der Waals surface area contributed by atoms with E-state index in [0.717, 1.165) is 12.8 Å². The zero-order valence-electron chi connectivity index (χ0n) is 13.7. The van der Waals surface area contributed by atoms with Crippen LogP contribution in [-0.4, -0.2) is 37.1 Å². The normalized spacial score (nSPS) is 26.9. The first kappa shape index (κ1) is 15.3. The van der Waals surface area contributed by atoms with Gasteiger partial charge in [-0.15, -0.1) is 0 Å². The van der Waals surface area contributed by atoms with Crippen molar-refractivity contribution in [2.24, 2.45) is 20.8 Å². The van der Waals surface area contributed by atoms with Gasteiger partial charge in [-0.1, -0.05) is 41.5 Å². The molecule has 2 rings (SSSR count). The van der Waals surface area contributed by atoms with Gasteiger partial charge in [0.2, 0.25) is 0 Å². The minimum atomic E-state index is 0.234. The van der Waals surface area contributed by atoms with Gasteiger partial charge in [0.1, 0.15) is 13.2 Å². The van der Waals surface area contributed by atoms with E-state index in [1.165, 1.54) is 0 Å². The Hall–Kier alpha value is -1.06. The SMILES string of the molecule is CC(C)(C)CC1COC(C2=N[C@H](CC(C)(C)C)CO2)=N1. The minimum Gasteiger partial charge on any atom is -0.472 e. The van der Waals surface area contributed by atoms with E-state index in [1.807, 2.05) is 0 Å². The Kier molecular flexibility index (Phi) is 4.12. The summed E-state index contributed by atoms with van der Waals surface area (Å²) in [5.41, 5.74) is 0.528. The molecule has 4 nitrogen and oxygen atoms in total. The van der Waals surface area contributed by atoms with Gasteiger partial charge in [0.05, 0.1) is 12.1 Å². The Morgan fingerprint density at radius 1 is 0.800 bits per heavy atom. The van der Waals surface area contributed by atoms with Crippen LogP contribution >= 0.6 is 0 Å². The second-order valence-corrected chi connectivity index (χ2v) is 8.33. The molecule has 0 saturated carbocycles. The Balaban J connectivity index is 1.96. The summed E-state index contributed by atoms with van der Waals surface area (Å²) in [6.07, 6.45) is 2.05. The second-order valence-electron chi connectivity index (χ2n) is 8.33. The lowest BCUT2D eigenvalue weighted by atomic mass is 9.88. The lowest BCUT2D eigenvalue weighted by Crippen LogP contribution is -2.17. The molecule has 2 aliphatic rings. The van der Waals surface area contributed by atoms with Crippen molar-refractivity contribution in [1.29, 1.82) is 0 Å². The average molecular weight is 280 g/mol. The molecule has 0 aliphatic carbocycles. The van der Waals surface area contributed by atoms with Gasteiger partial charge in [0.25, 0.3) is 11.8 Å². The average Bonchev–Trinajstić information content (AvgIpc) is 2.81. The summed E-state index contributed by atoms with van der Waals surface area (Å²) in [7, 11) is 0. The summed E-state index contributed by atoms with van der Waals surface area (Å²) in [5, 5.41) is 0. The Labute approximate surface area is 122 Å². The van der Waals surface area contributed by atoms with E-state index in [4.69, 9.17) is 9.47 Å². The molecule has 0 amide bonds. The fraction of sp³-hybridized carbons (Fsp3) is 0.875. The fourth-order valence-corrected chi connectivity index (χ4v) is 2.69. The molecule has 0 bridgehead atoms.